The zero-order valence-corrected chi connectivity index (χ0v) is 8.27. The van der Waals surface area contributed by atoms with E-state index in [0.717, 1.165) is 18.6 Å². The van der Waals surface area contributed by atoms with Crippen LogP contribution < -0.4 is 0 Å². The minimum absolute atomic E-state index is 0.297. The smallest absolute Gasteiger partial charge is 0.328 e. The van der Waals surface area contributed by atoms with E-state index in [1.54, 1.807) is 6.08 Å². The summed E-state index contributed by atoms with van der Waals surface area (Å²) in [7, 11) is 0. The predicted octanol–water partition coefficient (Wildman–Crippen LogP) is 1.05. The normalized spacial score (nSPS) is 10.1. The highest BCUT2D eigenvalue weighted by Crippen LogP contribution is 1.94. The zero-order valence-electron chi connectivity index (χ0n) is 8.27. The molecule has 14 heavy (non-hydrogen) atoms. The lowest BCUT2D eigenvalue weighted by Crippen LogP contribution is -2.30. The van der Waals surface area contributed by atoms with Crippen LogP contribution in [0.3, 0.4) is 0 Å². The Hall–Kier alpha value is -1.58. The molecule has 0 saturated carbocycles. The minimum atomic E-state index is -1.12. The largest absolute Gasteiger partial charge is 0.478 e. The number of rotatable bonds is 6. The number of carboxylic acids is 1. The van der Waals surface area contributed by atoms with Gasteiger partial charge in [0.2, 0.25) is 5.91 Å². The van der Waals surface area contributed by atoms with Crippen molar-refractivity contribution >= 4 is 11.9 Å². The molecule has 0 aromatic carbocycles. The Morgan fingerprint density at radius 2 is 2.07 bits per heavy atom. The maximum Gasteiger partial charge on any atom is 0.328 e. The van der Waals surface area contributed by atoms with Crippen molar-refractivity contribution in [1.29, 1.82) is 0 Å². The Bertz CT molecular complexity index is 246. The number of aliphatic carboxylic acids is 1. The predicted molar refractivity (Wildman–Crippen MR) is 53.8 cm³/mol. The summed E-state index contributed by atoms with van der Waals surface area (Å²) in [5.74, 6) is -1.41. The second kappa shape index (κ2) is 6.88. The summed E-state index contributed by atoms with van der Waals surface area (Å²) in [6.07, 6.45) is 4.35. The Balaban J connectivity index is 4.27. The van der Waals surface area contributed by atoms with E-state index in [-0.39, 0.29) is 5.91 Å². The van der Waals surface area contributed by atoms with Gasteiger partial charge in [-0.05, 0) is 6.42 Å². The van der Waals surface area contributed by atoms with E-state index in [1.165, 1.54) is 4.90 Å². The van der Waals surface area contributed by atoms with Gasteiger partial charge in [0.05, 0.1) is 0 Å². The van der Waals surface area contributed by atoms with Crippen molar-refractivity contribution in [2.45, 2.75) is 13.3 Å². The van der Waals surface area contributed by atoms with E-state index in [9.17, 15) is 9.59 Å². The summed E-state index contributed by atoms with van der Waals surface area (Å²) in [6, 6.07) is 0. The second-order valence-electron chi connectivity index (χ2n) is 2.74. The van der Waals surface area contributed by atoms with Crippen LogP contribution in [0, 0.1) is 0 Å². The number of carboxylic acid groups (broad SMARTS) is 1. The lowest BCUT2D eigenvalue weighted by atomic mass is 10.3. The van der Waals surface area contributed by atoms with Crippen molar-refractivity contribution in [1.82, 2.24) is 4.90 Å². The molecule has 0 rings (SSSR count). The topological polar surface area (TPSA) is 57.6 Å². The van der Waals surface area contributed by atoms with Crippen LogP contribution in [-0.2, 0) is 9.59 Å². The minimum Gasteiger partial charge on any atom is -0.478 e. The van der Waals surface area contributed by atoms with Crippen LogP contribution in [0.1, 0.15) is 13.3 Å². The summed E-state index contributed by atoms with van der Waals surface area (Å²) in [4.78, 5) is 23.1. The first-order chi connectivity index (χ1) is 6.61. The van der Waals surface area contributed by atoms with E-state index < -0.39 is 5.97 Å². The van der Waals surface area contributed by atoms with Gasteiger partial charge in [-0.1, -0.05) is 13.0 Å². The van der Waals surface area contributed by atoms with Gasteiger partial charge in [0.15, 0.2) is 0 Å². The molecule has 78 valence electrons. The van der Waals surface area contributed by atoms with Crippen LogP contribution in [-0.4, -0.2) is 35.0 Å². The second-order valence-corrected chi connectivity index (χ2v) is 2.74. The lowest BCUT2D eigenvalue weighted by Gasteiger charge is -2.17. The fourth-order valence-electron chi connectivity index (χ4n) is 0.965. The maximum absolute atomic E-state index is 11.4. The lowest BCUT2D eigenvalue weighted by molar-refractivity contribution is -0.132. The molecule has 0 heterocycles. The molecule has 0 aromatic heterocycles. The quantitative estimate of drug-likeness (QED) is 0.511. The average molecular weight is 197 g/mol. The van der Waals surface area contributed by atoms with Gasteiger partial charge in [-0.15, -0.1) is 6.58 Å². The number of carbonyl (C=O) groups excluding carboxylic acids is 1. The fraction of sp³-hybridized carbons (Fsp3) is 0.400. The molecule has 0 atom stereocenters. The van der Waals surface area contributed by atoms with E-state index >= 15 is 0 Å². The van der Waals surface area contributed by atoms with Crippen molar-refractivity contribution in [3.8, 4) is 0 Å². The van der Waals surface area contributed by atoms with Crippen LogP contribution in [0.4, 0.5) is 0 Å². The maximum atomic E-state index is 11.4. The Morgan fingerprint density at radius 1 is 1.43 bits per heavy atom. The zero-order chi connectivity index (χ0) is 11.0. The highest BCUT2D eigenvalue weighted by molar-refractivity contribution is 5.93. The van der Waals surface area contributed by atoms with Gasteiger partial charge in [0.25, 0.3) is 0 Å². The van der Waals surface area contributed by atoms with E-state index in [0.29, 0.717) is 13.1 Å². The molecule has 0 radical (unpaired) electrons. The molecule has 1 N–H and O–H groups in total. The summed E-state index contributed by atoms with van der Waals surface area (Å²) < 4.78 is 0. The number of carbonyl (C=O) groups is 2. The van der Waals surface area contributed by atoms with Gasteiger partial charge in [-0.2, -0.15) is 0 Å². The van der Waals surface area contributed by atoms with Crippen molar-refractivity contribution in [3.63, 3.8) is 0 Å². The number of amides is 1. The summed E-state index contributed by atoms with van der Waals surface area (Å²) >= 11 is 0. The third-order valence-electron chi connectivity index (χ3n) is 1.52. The van der Waals surface area contributed by atoms with Crippen molar-refractivity contribution in [2.24, 2.45) is 0 Å². The van der Waals surface area contributed by atoms with Gasteiger partial charge in [0, 0.05) is 25.2 Å². The number of nitrogens with zero attached hydrogens (tertiary/aromatic N) is 1. The molecule has 0 aliphatic carbocycles. The van der Waals surface area contributed by atoms with Crippen molar-refractivity contribution < 1.29 is 14.7 Å². The Morgan fingerprint density at radius 3 is 2.50 bits per heavy atom. The van der Waals surface area contributed by atoms with Gasteiger partial charge in [0.1, 0.15) is 0 Å². The highest BCUT2D eigenvalue weighted by Gasteiger charge is 2.07. The molecule has 0 fully saturated rings. The first-order valence-electron chi connectivity index (χ1n) is 4.42. The Labute approximate surface area is 83.5 Å². The first-order valence-corrected chi connectivity index (χ1v) is 4.42. The van der Waals surface area contributed by atoms with E-state index in [2.05, 4.69) is 6.58 Å². The van der Waals surface area contributed by atoms with Gasteiger partial charge >= 0.3 is 5.97 Å². The van der Waals surface area contributed by atoms with E-state index in [1.807, 2.05) is 6.92 Å². The first kappa shape index (κ1) is 12.4. The summed E-state index contributed by atoms with van der Waals surface area (Å²) in [6.45, 7) is 6.52. The molecule has 0 saturated heterocycles. The van der Waals surface area contributed by atoms with Gasteiger partial charge in [-0.25, -0.2) is 4.79 Å². The van der Waals surface area contributed by atoms with E-state index in [4.69, 9.17) is 5.11 Å². The van der Waals surface area contributed by atoms with Gasteiger partial charge in [-0.3, -0.25) is 4.79 Å². The third kappa shape index (κ3) is 5.13. The molecule has 0 spiro atoms. The molecular formula is C10H15NO3. The molecule has 0 aromatic rings. The van der Waals surface area contributed by atoms with Crippen LogP contribution in [0.2, 0.25) is 0 Å². The molecular weight excluding hydrogens is 182 g/mol. The van der Waals surface area contributed by atoms with Crippen molar-refractivity contribution in [3.05, 3.63) is 24.8 Å². The molecule has 4 nitrogen and oxygen atoms in total. The molecule has 0 bridgehead atoms. The molecule has 4 heteroatoms. The summed E-state index contributed by atoms with van der Waals surface area (Å²) in [5, 5.41) is 8.33. The highest BCUT2D eigenvalue weighted by atomic mass is 16.4. The monoisotopic (exact) mass is 197 g/mol. The van der Waals surface area contributed by atoms with Crippen LogP contribution in [0.15, 0.2) is 24.8 Å². The molecule has 0 aliphatic heterocycles. The molecule has 0 unspecified atom stereocenters. The Kier molecular flexibility index (Phi) is 6.11. The SMILES string of the molecule is C=CCN(CCC)C(=O)/C=C/C(=O)O. The number of hydrogen-bond donors (Lipinski definition) is 1. The van der Waals surface area contributed by atoms with Gasteiger partial charge < -0.3 is 10.0 Å². The third-order valence-corrected chi connectivity index (χ3v) is 1.52. The molecule has 0 aliphatic rings. The van der Waals surface area contributed by atoms with Crippen LogP contribution >= 0.6 is 0 Å². The van der Waals surface area contributed by atoms with Crippen LogP contribution in [0.25, 0.3) is 0 Å². The number of hydrogen-bond acceptors (Lipinski definition) is 2. The fourth-order valence-corrected chi connectivity index (χ4v) is 0.965. The van der Waals surface area contributed by atoms with Crippen molar-refractivity contribution in [2.75, 3.05) is 13.1 Å². The average Bonchev–Trinajstić information content (AvgIpc) is 2.14. The van der Waals surface area contributed by atoms with Crippen LogP contribution in [0.5, 0.6) is 0 Å². The molecule has 1 amide bonds. The summed E-state index contributed by atoms with van der Waals surface area (Å²) in [5.41, 5.74) is 0. The standard InChI is InChI=1S/C10H15NO3/c1-3-7-11(8-4-2)9(12)5-6-10(13)14/h3,5-6H,1,4,7-8H2,2H3,(H,13,14)/b6-5+.